The van der Waals surface area contributed by atoms with Crippen molar-refractivity contribution in [1.29, 1.82) is 5.26 Å². The number of rotatable bonds is 6. The Morgan fingerprint density at radius 2 is 1.95 bits per heavy atom. The molecule has 192 valence electrons. The Labute approximate surface area is 224 Å². The van der Waals surface area contributed by atoms with Gasteiger partial charge in [0, 0.05) is 28.9 Å². The molecule has 0 spiro atoms. The maximum atomic E-state index is 14.8. The zero-order chi connectivity index (χ0) is 26.8. The van der Waals surface area contributed by atoms with Crippen molar-refractivity contribution in [1.82, 2.24) is 10.2 Å². The van der Waals surface area contributed by atoms with E-state index in [0.29, 0.717) is 39.3 Å². The Kier molecular flexibility index (Phi) is 7.22. The highest BCUT2D eigenvalue weighted by Crippen LogP contribution is 2.47. The quantitative estimate of drug-likeness (QED) is 0.417. The van der Waals surface area contributed by atoms with E-state index in [0.717, 1.165) is 23.1 Å². The Hall–Kier alpha value is -4.08. The zero-order valence-electron chi connectivity index (χ0n) is 19.8. The molecule has 0 radical (unpaired) electrons. The molecule has 12 heteroatoms. The minimum Gasteiger partial charge on any atom is -0.384 e. The van der Waals surface area contributed by atoms with E-state index in [2.05, 4.69) is 21.6 Å². The van der Waals surface area contributed by atoms with Crippen LogP contribution in [0, 0.1) is 23.0 Å². The molecule has 0 saturated heterocycles. The minimum absolute atomic E-state index is 0.0303. The summed E-state index contributed by atoms with van der Waals surface area (Å²) < 4.78 is 28.4. The number of halogens is 2. The first kappa shape index (κ1) is 25.6. The lowest BCUT2D eigenvalue weighted by atomic mass is 9.75. The van der Waals surface area contributed by atoms with E-state index >= 15 is 0 Å². The van der Waals surface area contributed by atoms with Gasteiger partial charge in [-0.3, -0.25) is 14.5 Å². The van der Waals surface area contributed by atoms with Crippen molar-refractivity contribution in [2.45, 2.75) is 29.5 Å². The van der Waals surface area contributed by atoms with Gasteiger partial charge < -0.3 is 11.1 Å². The first-order valence-corrected chi connectivity index (χ1v) is 13.4. The van der Waals surface area contributed by atoms with Gasteiger partial charge >= 0.3 is 0 Å². The molecule has 5 rings (SSSR count). The number of nitrogens with two attached hydrogens (primary N) is 1. The highest BCUT2D eigenvalue weighted by molar-refractivity contribution is 8.01. The Morgan fingerprint density at radius 1 is 1.18 bits per heavy atom. The predicted octanol–water partition coefficient (Wildman–Crippen LogP) is 4.85. The van der Waals surface area contributed by atoms with Crippen LogP contribution in [0.5, 0.6) is 0 Å². The number of aromatic nitrogens is 2. The van der Waals surface area contributed by atoms with Crippen LogP contribution in [0.15, 0.2) is 75.5 Å². The standard InChI is InChI=1S/C26H20F2N6O2S2/c27-14-8-10-15(11-9-14)31-21(36)13-37-26-33-32-25(38-26)34-19-6-3-7-20(35)23(19)22(17(12-29)24(34)30)16-4-1-2-5-18(16)28/h1-2,4-5,8-11,22H,3,6-7,13,30H2,(H,31,36). The summed E-state index contributed by atoms with van der Waals surface area (Å²) in [4.78, 5) is 27.0. The van der Waals surface area contributed by atoms with Crippen molar-refractivity contribution in [2.75, 3.05) is 16.0 Å². The summed E-state index contributed by atoms with van der Waals surface area (Å²) in [6.07, 6.45) is 1.36. The normalized spacial score (nSPS) is 17.3. The van der Waals surface area contributed by atoms with Crippen LogP contribution >= 0.6 is 23.1 Å². The van der Waals surface area contributed by atoms with Gasteiger partial charge in [0.2, 0.25) is 11.0 Å². The van der Waals surface area contributed by atoms with Crippen LogP contribution in [0.1, 0.15) is 30.7 Å². The number of nitrogens with one attached hydrogen (secondary N) is 1. The molecular formula is C26H20F2N6O2S2. The van der Waals surface area contributed by atoms with Crippen molar-refractivity contribution < 1.29 is 18.4 Å². The lowest BCUT2D eigenvalue weighted by Crippen LogP contribution is -2.38. The van der Waals surface area contributed by atoms with Crippen LogP contribution in [0.25, 0.3) is 0 Å². The van der Waals surface area contributed by atoms with Gasteiger partial charge in [0.05, 0.1) is 23.3 Å². The van der Waals surface area contributed by atoms with E-state index in [4.69, 9.17) is 5.73 Å². The lowest BCUT2D eigenvalue weighted by molar-refractivity contribution is -0.116. The van der Waals surface area contributed by atoms with Crippen LogP contribution < -0.4 is 16.0 Å². The number of carbonyl (C=O) groups excluding carboxylic acids is 2. The highest BCUT2D eigenvalue weighted by Gasteiger charge is 2.42. The summed E-state index contributed by atoms with van der Waals surface area (Å²) in [5.74, 6) is -2.21. The largest absolute Gasteiger partial charge is 0.384 e. The molecule has 1 aliphatic heterocycles. The van der Waals surface area contributed by atoms with E-state index in [1.54, 1.807) is 23.1 Å². The number of allylic oxidation sites excluding steroid dienone is 3. The van der Waals surface area contributed by atoms with E-state index in [1.807, 2.05) is 0 Å². The van der Waals surface area contributed by atoms with Crippen molar-refractivity contribution >= 4 is 45.6 Å². The van der Waals surface area contributed by atoms with Crippen LogP contribution in [0.4, 0.5) is 19.6 Å². The second kappa shape index (κ2) is 10.7. The molecule has 2 heterocycles. The molecule has 0 saturated carbocycles. The smallest absolute Gasteiger partial charge is 0.234 e. The fourth-order valence-corrected chi connectivity index (χ4v) is 6.21. The maximum Gasteiger partial charge on any atom is 0.234 e. The predicted molar refractivity (Wildman–Crippen MR) is 140 cm³/mol. The fourth-order valence-electron chi connectivity index (χ4n) is 4.53. The van der Waals surface area contributed by atoms with Gasteiger partial charge in [-0.25, -0.2) is 8.78 Å². The van der Waals surface area contributed by atoms with Gasteiger partial charge in [-0.1, -0.05) is 41.3 Å². The summed E-state index contributed by atoms with van der Waals surface area (Å²) in [7, 11) is 0. The van der Waals surface area contributed by atoms with Gasteiger partial charge in [0.25, 0.3) is 0 Å². The number of hydrogen-bond acceptors (Lipinski definition) is 9. The third kappa shape index (κ3) is 4.90. The van der Waals surface area contributed by atoms with Crippen LogP contribution in [-0.4, -0.2) is 27.6 Å². The first-order chi connectivity index (χ1) is 18.4. The number of anilines is 2. The molecule has 0 bridgehead atoms. The summed E-state index contributed by atoms with van der Waals surface area (Å²) in [5, 5.41) is 21.4. The summed E-state index contributed by atoms with van der Waals surface area (Å²) in [6, 6.07) is 13.6. The fraction of sp³-hybridized carbons (Fsp3) is 0.192. The number of nitrogens with zero attached hydrogens (tertiary/aromatic N) is 4. The molecule has 0 fully saturated rings. The van der Waals surface area contributed by atoms with Crippen LogP contribution in [-0.2, 0) is 9.59 Å². The molecular weight excluding hydrogens is 530 g/mol. The molecule has 1 atom stereocenters. The van der Waals surface area contributed by atoms with E-state index in [1.165, 1.54) is 30.3 Å². The zero-order valence-corrected chi connectivity index (χ0v) is 21.4. The topological polar surface area (TPSA) is 125 Å². The Bertz CT molecular complexity index is 1530. The van der Waals surface area contributed by atoms with E-state index in [9.17, 15) is 23.6 Å². The van der Waals surface area contributed by atoms with E-state index < -0.39 is 17.6 Å². The number of carbonyl (C=O) groups is 2. The molecule has 1 aromatic heterocycles. The molecule has 1 amide bonds. The average molecular weight is 551 g/mol. The van der Waals surface area contributed by atoms with Gasteiger partial charge in [0.1, 0.15) is 17.5 Å². The SMILES string of the molecule is N#CC1=C(N)N(c2nnc(SCC(=O)Nc3ccc(F)cc3)s2)C2=C(C(=O)CCC2)C1c1ccccc1F. The molecule has 1 unspecified atom stereocenters. The Balaban J connectivity index is 1.42. The van der Waals surface area contributed by atoms with Crippen LogP contribution in [0.3, 0.4) is 0 Å². The van der Waals surface area contributed by atoms with Crippen molar-refractivity contribution in [2.24, 2.45) is 5.73 Å². The van der Waals surface area contributed by atoms with Gasteiger partial charge in [0.15, 0.2) is 10.1 Å². The second-order valence-electron chi connectivity index (χ2n) is 8.53. The first-order valence-electron chi connectivity index (χ1n) is 11.6. The molecule has 8 nitrogen and oxygen atoms in total. The number of thioether (sulfide) groups is 1. The molecule has 3 aromatic rings. The van der Waals surface area contributed by atoms with Crippen molar-refractivity contribution in [3.8, 4) is 6.07 Å². The molecule has 38 heavy (non-hydrogen) atoms. The maximum absolute atomic E-state index is 14.8. The van der Waals surface area contributed by atoms with Crippen LogP contribution in [0.2, 0.25) is 0 Å². The Morgan fingerprint density at radius 3 is 2.68 bits per heavy atom. The molecule has 2 aromatic carbocycles. The van der Waals surface area contributed by atoms with Crippen molar-refractivity contribution in [3.63, 3.8) is 0 Å². The number of hydrogen-bond donors (Lipinski definition) is 2. The lowest BCUT2D eigenvalue weighted by Gasteiger charge is -2.38. The number of Topliss-reactive ketones (excluding diaryl/α,β-unsaturated/α-hetero) is 1. The third-order valence-electron chi connectivity index (χ3n) is 6.17. The minimum atomic E-state index is -0.905. The number of nitriles is 1. The molecule has 1 aliphatic carbocycles. The monoisotopic (exact) mass is 550 g/mol. The number of ketones is 1. The number of amides is 1. The summed E-state index contributed by atoms with van der Waals surface area (Å²) in [5.41, 5.74) is 8.15. The summed E-state index contributed by atoms with van der Waals surface area (Å²) >= 11 is 2.31. The van der Waals surface area contributed by atoms with Gasteiger partial charge in [-0.15, -0.1) is 10.2 Å². The van der Waals surface area contributed by atoms with Gasteiger partial charge in [-0.2, -0.15) is 5.26 Å². The van der Waals surface area contributed by atoms with Crippen molar-refractivity contribution in [3.05, 3.63) is 88.4 Å². The van der Waals surface area contributed by atoms with Gasteiger partial charge in [-0.05, 0) is 43.2 Å². The average Bonchev–Trinajstić information content (AvgIpc) is 3.37. The second-order valence-corrected chi connectivity index (χ2v) is 10.7. The number of benzene rings is 2. The summed E-state index contributed by atoms with van der Waals surface area (Å²) in [6.45, 7) is 0. The molecule has 2 aliphatic rings. The highest BCUT2D eigenvalue weighted by atomic mass is 32.2. The molecule has 3 N–H and O–H groups in total. The third-order valence-corrected chi connectivity index (χ3v) is 8.21. The van der Waals surface area contributed by atoms with E-state index in [-0.39, 0.29) is 40.8 Å².